The normalized spacial score (nSPS) is 38.6. The number of alkyl carbamates (subject to hydrolysis) is 2. The van der Waals surface area contributed by atoms with Gasteiger partial charge in [0.05, 0.1) is 60.7 Å². The van der Waals surface area contributed by atoms with Crippen LogP contribution in [0, 0.1) is 35.0 Å². The number of ether oxygens (including phenoxy) is 7. The molecule has 15 heteroatoms. The molecule has 4 heterocycles. The van der Waals surface area contributed by atoms with Gasteiger partial charge in [-0.3, -0.25) is 4.79 Å². The van der Waals surface area contributed by atoms with E-state index in [0.717, 1.165) is 11.1 Å². The van der Waals surface area contributed by atoms with Crippen molar-refractivity contribution < 1.29 is 52.6 Å². The van der Waals surface area contributed by atoms with E-state index in [-0.39, 0.29) is 44.4 Å². The van der Waals surface area contributed by atoms with Crippen LogP contribution < -0.4 is 10.6 Å². The Kier molecular flexibility index (Phi) is 15.5. The summed E-state index contributed by atoms with van der Waals surface area (Å²) in [5, 5.41) is 26.6. The van der Waals surface area contributed by atoms with Crippen molar-refractivity contribution in [3.63, 3.8) is 0 Å². The highest BCUT2D eigenvalue weighted by atomic mass is 16.7. The molecule has 3 N–H and O–H groups in total. The number of nitrogens with one attached hydrogen (secondary N) is 2. The summed E-state index contributed by atoms with van der Waals surface area (Å²) in [7, 11) is 3.83. The van der Waals surface area contributed by atoms with Crippen LogP contribution in [0.3, 0.4) is 0 Å². The first-order valence-electron chi connectivity index (χ1n) is 21.2. The molecule has 2 bridgehead atoms. The van der Waals surface area contributed by atoms with Crippen molar-refractivity contribution >= 4 is 18.2 Å². The van der Waals surface area contributed by atoms with Crippen molar-refractivity contribution in [3.8, 4) is 6.07 Å². The van der Waals surface area contributed by atoms with Crippen molar-refractivity contribution in [1.82, 2.24) is 15.5 Å². The van der Waals surface area contributed by atoms with Crippen molar-refractivity contribution in [3.05, 3.63) is 59.2 Å². The summed E-state index contributed by atoms with van der Waals surface area (Å²) in [4.78, 5) is 42.4. The van der Waals surface area contributed by atoms with Crippen LogP contribution in [0.1, 0.15) is 85.8 Å². The van der Waals surface area contributed by atoms with Crippen molar-refractivity contribution in [2.24, 2.45) is 23.7 Å². The number of carbonyl (C=O) groups excluding carboxylic acids is 3. The van der Waals surface area contributed by atoms with Crippen LogP contribution in [0.5, 0.6) is 0 Å². The first-order chi connectivity index (χ1) is 28.3. The lowest BCUT2D eigenvalue weighted by molar-refractivity contribution is -0.302. The fourth-order valence-electron chi connectivity index (χ4n) is 9.65. The third kappa shape index (κ3) is 10.5. The zero-order valence-corrected chi connectivity index (χ0v) is 36.9. The topological polar surface area (TPSA) is 187 Å². The average Bonchev–Trinajstić information content (AvgIpc) is 3.54. The largest absolute Gasteiger partial charge is 0.458 e. The Morgan fingerprint density at radius 1 is 1.12 bits per heavy atom. The molecule has 2 amide bonds. The van der Waals surface area contributed by atoms with Gasteiger partial charge >= 0.3 is 18.2 Å². The fraction of sp³-hybridized carbons (Fsp3) is 0.689. The number of hydrogen-bond donors (Lipinski definition) is 3. The molecule has 4 saturated heterocycles. The number of carbonyl (C=O) groups is 3. The molecule has 0 aliphatic carbocycles. The van der Waals surface area contributed by atoms with E-state index in [9.17, 15) is 19.5 Å². The van der Waals surface area contributed by atoms with Gasteiger partial charge in [0.1, 0.15) is 18.8 Å². The number of cyclic esters (lactones) is 1. The lowest BCUT2D eigenvalue weighted by Gasteiger charge is -2.49. The number of amides is 2. The monoisotopic (exact) mass is 838 g/mol. The van der Waals surface area contributed by atoms with Crippen molar-refractivity contribution in [2.75, 3.05) is 33.9 Å². The number of likely N-dealkylation sites (N-methyl/N-ethyl adjacent to an activating group) is 1. The van der Waals surface area contributed by atoms with Crippen LogP contribution in [0.4, 0.5) is 9.59 Å². The van der Waals surface area contributed by atoms with E-state index >= 15 is 0 Å². The highest BCUT2D eigenvalue weighted by molar-refractivity contribution is 5.74. The van der Waals surface area contributed by atoms with Gasteiger partial charge in [0.25, 0.3) is 0 Å². The second-order valence-electron chi connectivity index (χ2n) is 17.8. The number of nitrogens with zero attached hydrogens (tertiary/aromatic N) is 2. The molecule has 0 spiro atoms. The maximum absolute atomic E-state index is 14.3. The highest BCUT2D eigenvalue weighted by Crippen LogP contribution is 2.44. The van der Waals surface area contributed by atoms with Gasteiger partial charge < -0.3 is 53.8 Å². The minimum Gasteiger partial charge on any atom is -0.458 e. The van der Waals surface area contributed by atoms with Gasteiger partial charge in [-0.1, -0.05) is 52.0 Å². The van der Waals surface area contributed by atoms with E-state index in [1.165, 1.54) is 0 Å². The molecule has 14 atom stereocenters. The van der Waals surface area contributed by atoms with Gasteiger partial charge in [0, 0.05) is 24.4 Å². The number of nitriles is 1. The lowest BCUT2D eigenvalue weighted by Crippen LogP contribution is -2.60. The number of hydrogen-bond acceptors (Lipinski definition) is 13. The number of esters is 1. The zero-order valence-electron chi connectivity index (χ0n) is 36.9. The van der Waals surface area contributed by atoms with Gasteiger partial charge in [0.15, 0.2) is 11.9 Å². The number of aliphatic hydroxyl groups excluding tert-OH is 1. The van der Waals surface area contributed by atoms with Crippen LogP contribution in [-0.4, -0.2) is 122 Å². The van der Waals surface area contributed by atoms with E-state index in [1.807, 2.05) is 59.7 Å². The average molecular weight is 839 g/mol. The summed E-state index contributed by atoms with van der Waals surface area (Å²) in [6, 6.07) is 8.07. The second kappa shape index (κ2) is 19.8. The smallest absolute Gasteiger partial charge is 0.408 e. The SMILES string of the molecule is C=C1COC2[C@@H](C)C(=O)O[C@H](CC)[C@@]3(C)OC(=O)NC3[C@@H](C)/C(=C/COC(=O)NCc3ccc(C#N)cc3)[C@H](C)C[C@@](C)(OC1)[C@H](OC1O[C@H](C)C[C@H](N(C)C)[C@H]1O)[C@H]2C. The predicted octanol–water partition coefficient (Wildman–Crippen LogP) is 5.39. The van der Waals surface area contributed by atoms with Gasteiger partial charge in [-0.05, 0) is 96.3 Å². The summed E-state index contributed by atoms with van der Waals surface area (Å²) in [6.45, 7) is 19.9. The van der Waals surface area contributed by atoms with Crippen LogP contribution in [0.25, 0.3) is 0 Å². The quantitative estimate of drug-likeness (QED) is 0.172. The molecule has 332 valence electrons. The van der Waals surface area contributed by atoms with E-state index in [1.54, 1.807) is 38.1 Å². The predicted molar refractivity (Wildman–Crippen MR) is 221 cm³/mol. The van der Waals surface area contributed by atoms with Crippen molar-refractivity contribution in [2.45, 2.75) is 141 Å². The van der Waals surface area contributed by atoms with Crippen LogP contribution in [0.2, 0.25) is 0 Å². The standard InChI is InChI=1S/C45H66N4O11/c1-12-35-45(9)38(48-43(53)60-45)28(5)33(17-18-54-42(52)47-22-32-15-13-31(21-46)14-16-32)26(3)20-44(8)39(59-41-36(50)34(49(10)11)19-27(4)57-41)29(6)37(30(7)40(51)58-35)55-23-25(2)24-56-44/h13-17,26-30,34-39,41,50H,2,12,18-20,22-24H2,1,3-11H3,(H,47,52)(H,48,53)/b33-17+/t26-,27-,28+,29+,30-,34+,35-,36-,37?,38?,39-,41?,44-,45-/m1/s1. The molecule has 4 aliphatic heterocycles. The fourth-order valence-corrected chi connectivity index (χ4v) is 9.65. The molecule has 0 aromatic heterocycles. The molecular formula is C45H66N4O11. The van der Waals surface area contributed by atoms with E-state index in [2.05, 4.69) is 30.2 Å². The molecule has 4 aliphatic rings. The van der Waals surface area contributed by atoms with Crippen molar-refractivity contribution in [1.29, 1.82) is 5.26 Å². The molecule has 4 fully saturated rings. The van der Waals surface area contributed by atoms with Gasteiger partial charge in [0.2, 0.25) is 0 Å². The number of aliphatic hydroxyl groups is 1. The number of rotatable bonds is 8. The Morgan fingerprint density at radius 2 is 1.82 bits per heavy atom. The molecule has 15 nitrogen and oxygen atoms in total. The summed E-state index contributed by atoms with van der Waals surface area (Å²) in [5.41, 5.74) is 0.442. The zero-order chi connectivity index (χ0) is 44.1. The molecule has 60 heavy (non-hydrogen) atoms. The Bertz CT molecular complexity index is 1770. The molecule has 1 aromatic carbocycles. The summed E-state index contributed by atoms with van der Waals surface area (Å²) >= 11 is 0. The highest BCUT2D eigenvalue weighted by Gasteiger charge is 2.57. The summed E-state index contributed by atoms with van der Waals surface area (Å²) in [6.07, 6.45) is -2.74. The first kappa shape index (κ1) is 47.0. The number of fused-ring (bicyclic) bond motifs is 4. The maximum atomic E-state index is 14.3. The molecular weight excluding hydrogens is 773 g/mol. The molecule has 5 rings (SSSR count). The number of benzene rings is 1. The second-order valence-corrected chi connectivity index (χ2v) is 17.8. The Hall–Kier alpha value is -4.04. The van der Waals surface area contributed by atoms with Gasteiger partial charge in [-0.15, -0.1) is 0 Å². The van der Waals surface area contributed by atoms with E-state index in [4.69, 9.17) is 38.4 Å². The summed E-state index contributed by atoms with van der Waals surface area (Å²) in [5.74, 6) is -2.58. The molecule has 3 unspecified atom stereocenters. The molecule has 0 saturated carbocycles. The Balaban J connectivity index is 1.56. The van der Waals surface area contributed by atoms with Gasteiger partial charge in [-0.25, -0.2) is 9.59 Å². The van der Waals surface area contributed by atoms with Gasteiger partial charge in [-0.2, -0.15) is 5.26 Å². The summed E-state index contributed by atoms with van der Waals surface area (Å²) < 4.78 is 44.7. The third-order valence-corrected chi connectivity index (χ3v) is 12.9. The molecule has 0 radical (unpaired) electrons. The molecule has 1 aromatic rings. The minimum absolute atomic E-state index is 0.0995. The van der Waals surface area contributed by atoms with E-state index in [0.29, 0.717) is 30.4 Å². The first-order valence-corrected chi connectivity index (χ1v) is 21.2. The maximum Gasteiger partial charge on any atom is 0.408 e. The Labute approximate surface area is 355 Å². The Morgan fingerprint density at radius 3 is 2.47 bits per heavy atom. The lowest BCUT2D eigenvalue weighted by atomic mass is 9.71. The van der Waals surface area contributed by atoms with Crippen LogP contribution in [-0.2, 0) is 44.5 Å². The van der Waals surface area contributed by atoms with Crippen LogP contribution in [0.15, 0.2) is 48.1 Å². The van der Waals surface area contributed by atoms with E-state index < -0.39 is 83.9 Å². The third-order valence-electron chi connectivity index (χ3n) is 12.9. The van der Waals surface area contributed by atoms with Crippen LogP contribution >= 0.6 is 0 Å². The minimum atomic E-state index is -1.27.